The molecule has 2 heterocycles. The Hall–Kier alpha value is -1.62. The Labute approximate surface area is 123 Å². The lowest BCUT2D eigenvalue weighted by Crippen LogP contribution is -2.17. The minimum Gasteiger partial charge on any atom is -0.293 e. The molecule has 20 heavy (non-hydrogen) atoms. The number of Topliss-reactive ketones (excluding diaryl/α,β-unsaturated/α-hetero) is 1. The normalized spacial score (nSPS) is 11.6. The molecule has 0 aliphatic carbocycles. The van der Waals surface area contributed by atoms with Crippen LogP contribution in [0.4, 0.5) is 0 Å². The second-order valence-corrected chi connectivity index (χ2v) is 6.57. The van der Waals surface area contributed by atoms with Crippen LogP contribution >= 0.6 is 11.5 Å². The quantitative estimate of drug-likeness (QED) is 0.811. The lowest BCUT2D eigenvalue weighted by atomic mass is 9.90. The van der Waals surface area contributed by atoms with E-state index in [0.717, 1.165) is 17.8 Å². The van der Waals surface area contributed by atoms with Crippen LogP contribution in [0.5, 0.6) is 0 Å². The van der Waals surface area contributed by atoms with Crippen molar-refractivity contribution in [3.05, 3.63) is 40.2 Å². The standard InChI is InChI=1S/C15H19N3OS/c1-5-10-6-7-11(16-9-10)8-12(19)13-14(15(2,3)4)17-18-20-13/h6-7,9H,5,8H2,1-4H3. The van der Waals surface area contributed by atoms with Crippen LogP contribution in [0.25, 0.3) is 0 Å². The van der Waals surface area contributed by atoms with Crippen molar-refractivity contribution >= 4 is 17.3 Å². The lowest BCUT2D eigenvalue weighted by molar-refractivity contribution is 0.0993. The van der Waals surface area contributed by atoms with Crippen molar-refractivity contribution < 1.29 is 4.79 Å². The van der Waals surface area contributed by atoms with Crippen LogP contribution in [0.1, 0.15) is 54.3 Å². The smallest absolute Gasteiger partial charge is 0.182 e. The van der Waals surface area contributed by atoms with Gasteiger partial charge in [0.15, 0.2) is 5.78 Å². The van der Waals surface area contributed by atoms with Gasteiger partial charge < -0.3 is 0 Å². The molecule has 5 heteroatoms. The van der Waals surface area contributed by atoms with Crippen LogP contribution in [0.15, 0.2) is 18.3 Å². The molecule has 2 rings (SSSR count). The zero-order chi connectivity index (χ0) is 14.8. The monoisotopic (exact) mass is 289 g/mol. The van der Waals surface area contributed by atoms with Crippen LogP contribution in [-0.2, 0) is 18.3 Å². The minimum atomic E-state index is -0.169. The van der Waals surface area contributed by atoms with Gasteiger partial charge in [-0.05, 0) is 29.6 Å². The van der Waals surface area contributed by atoms with Gasteiger partial charge >= 0.3 is 0 Å². The minimum absolute atomic E-state index is 0.0432. The van der Waals surface area contributed by atoms with E-state index in [1.807, 2.05) is 39.1 Å². The SMILES string of the molecule is CCc1ccc(CC(=O)c2snnc2C(C)(C)C)nc1. The molecule has 0 aliphatic heterocycles. The van der Waals surface area contributed by atoms with Crippen molar-refractivity contribution in [3.63, 3.8) is 0 Å². The Balaban J connectivity index is 2.18. The summed E-state index contributed by atoms with van der Waals surface area (Å²) in [6.45, 7) is 8.19. The van der Waals surface area contributed by atoms with Gasteiger partial charge in [0.25, 0.3) is 0 Å². The van der Waals surface area contributed by atoms with Gasteiger partial charge in [0.2, 0.25) is 0 Å². The first-order chi connectivity index (χ1) is 9.41. The second-order valence-electron chi connectivity index (χ2n) is 5.81. The topological polar surface area (TPSA) is 55.7 Å². The molecule has 0 saturated heterocycles. The molecule has 0 saturated carbocycles. The molecule has 2 aromatic heterocycles. The maximum atomic E-state index is 12.4. The predicted octanol–water partition coefficient (Wildman–Crippen LogP) is 3.22. The van der Waals surface area contributed by atoms with E-state index < -0.39 is 0 Å². The van der Waals surface area contributed by atoms with Crippen LogP contribution in [0.3, 0.4) is 0 Å². The van der Waals surface area contributed by atoms with Gasteiger partial charge in [-0.25, -0.2) is 0 Å². The van der Waals surface area contributed by atoms with Crippen molar-refractivity contribution in [3.8, 4) is 0 Å². The molecule has 0 radical (unpaired) electrons. The van der Waals surface area contributed by atoms with Crippen molar-refractivity contribution in [2.75, 3.05) is 0 Å². The third-order valence-corrected chi connectivity index (χ3v) is 3.85. The number of aryl methyl sites for hydroxylation is 1. The van der Waals surface area contributed by atoms with Crippen molar-refractivity contribution in [2.45, 2.75) is 46.0 Å². The summed E-state index contributed by atoms with van der Waals surface area (Å²) in [5.74, 6) is 0.0432. The summed E-state index contributed by atoms with van der Waals surface area (Å²) in [4.78, 5) is 17.4. The first-order valence-electron chi connectivity index (χ1n) is 6.71. The molecule has 0 N–H and O–H groups in total. The number of hydrogen-bond donors (Lipinski definition) is 0. The summed E-state index contributed by atoms with van der Waals surface area (Å²) < 4.78 is 3.93. The summed E-state index contributed by atoms with van der Waals surface area (Å²) in [5, 5.41) is 4.10. The van der Waals surface area contributed by atoms with E-state index in [4.69, 9.17) is 0 Å². The van der Waals surface area contributed by atoms with E-state index in [-0.39, 0.29) is 11.2 Å². The Morgan fingerprint density at radius 1 is 1.30 bits per heavy atom. The largest absolute Gasteiger partial charge is 0.293 e. The third kappa shape index (κ3) is 3.28. The number of aromatic nitrogens is 3. The van der Waals surface area contributed by atoms with E-state index in [1.54, 1.807) is 0 Å². The van der Waals surface area contributed by atoms with E-state index >= 15 is 0 Å². The van der Waals surface area contributed by atoms with Crippen LogP contribution < -0.4 is 0 Å². The zero-order valence-electron chi connectivity index (χ0n) is 12.3. The number of ketones is 1. The Bertz CT molecular complexity index is 596. The fourth-order valence-corrected chi connectivity index (χ4v) is 2.69. The first-order valence-corrected chi connectivity index (χ1v) is 7.49. The van der Waals surface area contributed by atoms with E-state index in [2.05, 4.69) is 21.5 Å². The van der Waals surface area contributed by atoms with E-state index in [1.165, 1.54) is 17.1 Å². The summed E-state index contributed by atoms with van der Waals surface area (Å²) in [6.07, 6.45) is 3.09. The van der Waals surface area contributed by atoms with Crippen molar-refractivity contribution in [1.29, 1.82) is 0 Å². The molecule has 0 amide bonds. The molecule has 0 bridgehead atoms. The van der Waals surface area contributed by atoms with Crippen molar-refractivity contribution in [1.82, 2.24) is 14.6 Å². The maximum Gasteiger partial charge on any atom is 0.182 e. The number of carbonyl (C=O) groups excluding carboxylic acids is 1. The number of nitrogens with zero attached hydrogens (tertiary/aromatic N) is 3. The highest BCUT2D eigenvalue weighted by atomic mass is 32.1. The van der Waals surface area contributed by atoms with Crippen LogP contribution in [0.2, 0.25) is 0 Å². The summed E-state index contributed by atoms with van der Waals surface area (Å²) in [7, 11) is 0. The lowest BCUT2D eigenvalue weighted by Gasteiger charge is -2.15. The average Bonchev–Trinajstić information content (AvgIpc) is 2.89. The predicted molar refractivity (Wildman–Crippen MR) is 80.3 cm³/mol. The summed E-state index contributed by atoms with van der Waals surface area (Å²) in [5.41, 5.74) is 2.58. The molecular weight excluding hydrogens is 270 g/mol. The highest BCUT2D eigenvalue weighted by Crippen LogP contribution is 2.26. The molecule has 0 aromatic carbocycles. The summed E-state index contributed by atoms with van der Waals surface area (Å²) in [6, 6.07) is 3.94. The van der Waals surface area contributed by atoms with Gasteiger partial charge in [-0.1, -0.05) is 38.2 Å². The molecule has 0 fully saturated rings. The molecular formula is C15H19N3OS. The molecule has 0 aliphatic rings. The molecule has 2 aromatic rings. The van der Waals surface area contributed by atoms with Gasteiger partial charge in [-0.3, -0.25) is 9.78 Å². The molecule has 0 unspecified atom stereocenters. The molecule has 106 valence electrons. The Morgan fingerprint density at radius 2 is 2.05 bits per heavy atom. The van der Waals surface area contributed by atoms with Gasteiger partial charge in [-0.2, -0.15) is 0 Å². The van der Waals surface area contributed by atoms with E-state index in [9.17, 15) is 4.79 Å². The number of rotatable bonds is 4. The fraction of sp³-hybridized carbons (Fsp3) is 0.467. The Morgan fingerprint density at radius 3 is 2.60 bits per heavy atom. The van der Waals surface area contributed by atoms with E-state index in [0.29, 0.717) is 11.3 Å². The van der Waals surface area contributed by atoms with Crippen LogP contribution in [-0.4, -0.2) is 20.4 Å². The molecule has 4 nitrogen and oxygen atoms in total. The third-order valence-electron chi connectivity index (χ3n) is 3.09. The van der Waals surface area contributed by atoms with Crippen molar-refractivity contribution in [2.24, 2.45) is 0 Å². The number of hydrogen-bond acceptors (Lipinski definition) is 5. The Kier molecular flexibility index (Phi) is 4.28. The fourth-order valence-electron chi connectivity index (χ4n) is 1.88. The summed E-state index contributed by atoms with van der Waals surface area (Å²) >= 11 is 1.17. The van der Waals surface area contributed by atoms with Gasteiger partial charge in [-0.15, -0.1) is 5.10 Å². The number of pyridine rings is 1. The average molecular weight is 289 g/mol. The highest BCUT2D eigenvalue weighted by Gasteiger charge is 2.26. The van der Waals surface area contributed by atoms with Gasteiger partial charge in [0, 0.05) is 17.3 Å². The molecule has 0 atom stereocenters. The second kappa shape index (κ2) is 5.79. The van der Waals surface area contributed by atoms with Crippen LogP contribution in [0, 0.1) is 0 Å². The maximum absolute atomic E-state index is 12.4. The highest BCUT2D eigenvalue weighted by molar-refractivity contribution is 7.08. The molecule has 0 spiro atoms. The van der Waals surface area contributed by atoms with Gasteiger partial charge in [0.05, 0.1) is 12.1 Å². The first kappa shape index (κ1) is 14.8. The number of carbonyl (C=O) groups is 1. The zero-order valence-corrected chi connectivity index (χ0v) is 13.1. The van der Waals surface area contributed by atoms with Gasteiger partial charge in [0.1, 0.15) is 4.88 Å².